The van der Waals surface area contributed by atoms with Crippen LogP contribution in [0.3, 0.4) is 0 Å². The number of β-amino-alcohol motifs (C(OH)–C–C–N with tert-alkyl or cyclic N) is 1. The van der Waals surface area contributed by atoms with E-state index in [0.717, 1.165) is 32.1 Å². The molecule has 2 atom stereocenters. The molecule has 1 saturated heterocycles. The van der Waals surface area contributed by atoms with Crippen LogP contribution in [-0.2, 0) is 4.74 Å². The van der Waals surface area contributed by atoms with E-state index >= 15 is 0 Å². The first kappa shape index (κ1) is 14.5. The van der Waals surface area contributed by atoms with Crippen molar-refractivity contribution >= 4 is 0 Å². The van der Waals surface area contributed by atoms with E-state index in [1.165, 1.54) is 0 Å². The number of furan rings is 1. The van der Waals surface area contributed by atoms with Crippen LogP contribution in [0.15, 0.2) is 22.8 Å². The van der Waals surface area contributed by atoms with Gasteiger partial charge >= 0.3 is 0 Å². The van der Waals surface area contributed by atoms with Gasteiger partial charge in [0.25, 0.3) is 0 Å². The maximum atomic E-state index is 10.2. The van der Waals surface area contributed by atoms with Crippen molar-refractivity contribution in [1.29, 1.82) is 0 Å². The van der Waals surface area contributed by atoms with E-state index in [0.29, 0.717) is 13.1 Å². The molecule has 5 nitrogen and oxygen atoms in total. The molecular weight excluding hydrogens is 244 g/mol. The summed E-state index contributed by atoms with van der Waals surface area (Å²) in [6, 6.07) is 4.04. The molecule has 0 spiro atoms. The van der Waals surface area contributed by atoms with Gasteiger partial charge in [0.15, 0.2) is 0 Å². The third-order valence-electron chi connectivity index (χ3n) is 3.69. The third-order valence-corrected chi connectivity index (χ3v) is 3.69. The maximum Gasteiger partial charge on any atom is 0.120 e. The highest BCUT2D eigenvalue weighted by Crippen LogP contribution is 2.19. The molecule has 108 valence electrons. The Balaban J connectivity index is 1.76. The fraction of sp³-hybridized carbons (Fsp3) is 0.714. The lowest BCUT2D eigenvalue weighted by molar-refractivity contribution is 0.00563. The second-order valence-electron chi connectivity index (χ2n) is 5.20. The number of hydrogen-bond acceptors (Lipinski definition) is 5. The van der Waals surface area contributed by atoms with Crippen molar-refractivity contribution in [3.05, 3.63) is 24.2 Å². The van der Waals surface area contributed by atoms with Crippen molar-refractivity contribution in [3.8, 4) is 0 Å². The lowest BCUT2D eigenvalue weighted by Crippen LogP contribution is -2.44. The molecule has 2 unspecified atom stereocenters. The molecule has 1 aliphatic heterocycles. The van der Waals surface area contributed by atoms with Gasteiger partial charge < -0.3 is 14.3 Å². The van der Waals surface area contributed by atoms with Gasteiger partial charge in [0, 0.05) is 26.2 Å². The van der Waals surface area contributed by atoms with Gasteiger partial charge in [-0.1, -0.05) is 0 Å². The van der Waals surface area contributed by atoms with Gasteiger partial charge in [0.1, 0.15) is 5.76 Å². The minimum atomic E-state index is -0.347. The standard InChI is InChI=1S/C14H24N2O3/c1-12(14-4-3-7-19-14)15(2)10-13(17)11-16-5-8-18-9-6-16/h3-4,7,12-13,17H,5-6,8-11H2,1-2H3. The minimum absolute atomic E-state index is 0.175. The van der Waals surface area contributed by atoms with Gasteiger partial charge in [0.2, 0.25) is 0 Å². The number of likely N-dealkylation sites (N-methyl/N-ethyl adjacent to an activating group) is 1. The summed E-state index contributed by atoms with van der Waals surface area (Å²) in [6.07, 6.45) is 1.34. The first-order valence-corrected chi connectivity index (χ1v) is 6.88. The topological polar surface area (TPSA) is 49.1 Å². The molecule has 2 rings (SSSR count). The van der Waals surface area contributed by atoms with E-state index < -0.39 is 0 Å². The molecule has 0 aliphatic carbocycles. The van der Waals surface area contributed by atoms with Crippen molar-refractivity contribution in [1.82, 2.24) is 9.80 Å². The van der Waals surface area contributed by atoms with Crippen molar-refractivity contribution in [3.63, 3.8) is 0 Å². The van der Waals surface area contributed by atoms with Gasteiger partial charge in [-0.15, -0.1) is 0 Å². The summed E-state index contributed by atoms with van der Waals surface area (Å²) in [5.41, 5.74) is 0. The van der Waals surface area contributed by atoms with Gasteiger partial charge in [-0.25, -0.2) is 0 Å². The fourth-order valence-corrected chi connectivity index (χ4v) is 2.38. The molecule has 1 fully saturated rings. The zero-order valence-electron chi connectivity index (χ0n) is 11.8. The molecule has 0 aromatic carbocycles. The van der Waals surface area contributed by atoms with Gasteiger partial charge in [-0.3, -0.25) is 9.80 Å². The summed E-state index contributed by atoms with van der Waals surface area (Å²) in [7, 11) is 2.01. The van der Waals surface area contributed by atoms with Crippen molar-refractivity contribution < 1.29 is 14.3 Å². The quantitative estimate of drug-likeness (QED) is 0.833. The van der Waals surface area contributed by atoms with E-state index in [-0.39, 0.29) is 12.1 Å². The molecule has 1 N–H and O–H groups in total. The van der Waals surface area contributed by atoms with Crippen LogP contribution in [0, 0.1) is 0 Å². The largest absolute Gasteiger partial charge is 0.468 e. The number of rotatable bonds is 6. The van der Waals surface area contributed by atoms with E-state index in [1.807, 2.05) is 19.2 Å². The van der Waals surface area contributed by atoms with Crippen LogP contribution in [-0.4, -0.2) is 67.5 Å². The Hall–Kier alpha value is -0.880. The normalized spacial score (nSPS) is 20.6. The van der Waals surface area contributed by atoms with Crippen LogP contribution in [0.25, 0.3) is 0 Å². The molecule has 0 bridgehead atoms. The average molecular weight is 268 g/mol. The van der Waals surface area contributed by atoms with Crippen LogP contribution in [0.1, 0.15) is 18.7 Å². The van der Waals surface area contributed by atoms with Crippen LogP contribution < -0.4 is 0 Å². The molecule has 1 aliphatic rings. The highest BCUT2D eigenvalue weighted by molar-refractivity contribution is 5.03. The molecule has 0 amide bonds. The Morgan fingerprint density at radius 3 is 2.79 bits per heavy atom. The second kappa shape index (κ2) is 7.05. The Kier molecular flexibility index (Phi) is 5.39. The Bertz CT molecular complexity index is 350. The van der Waals surface area contributed by atoms with E-state index in [9.17, 15) is 5.11 Å². The smallest absolute Gasteiger partial charge is 0.120 e. The number of aliphatic hydroxyl groups is 1. The minimum Gasteiger partial charge on any atom is -0.468 e. The Morgan fingerprint density at radius 2 is 2.16 bits per heavy atom. The molecule has 2 heterocycles. The van der Waals surface area contributed by atoms with Crippen LogP contribution in [0.2, 0.25) is 0 Å². The highest BCUT2D eigenvalue weighted by atomic mass is 16.5. The molecule has 0 radical (unpaired) electrons. The summed E-state index contributed by atoms with van der Waals surface area (Å²) < 4.78 is 10.7. The van der Waals surface area contributed by atoms with Gasteiger partial charge in [-0.2, -0.15) is 0 Å². The predicted octanol–water partition coefficient (Wildman–Crippen LogP) is 0.966. The fourth-order valence-electron chi connectivity index (χ4n) is 2.38. The van der Waals surface area contributed by atoms with Crippen molar-refractivity contribution in [2.75, 3.05) is 46.4 Å². The molecule has 5 heteroatoms. The second-order valence-corrected chi connectivity index (χ2v) is 5.20. The number of aliphatic hydroxyl groups excluding tert-OH is 1. The zero-order valence-corrected chi connectivity index (χ0v) is 11.8. The van der Waals surface area contributed by atoms with E-state index in [1.54, 1.807) is 6.26 Å². The number of nitrogens with zero attached hydrogens (tertiary/aromatic N) is 2. The monoisotopic (exact) mass is 268 g/mol. The van der Waals surface area contributed by atoms with E-state index in [4.69, 9.17) is 9.15 Å². The SMILES string of the molecule is CC(c1ccco1)N(C)CC(O)CN1CCOCC1. The van der Waals surface area contributed by atoms with Crippen molar-refractivity contribution in [2.45, 2.75) is 19.1 Å². The molecule has 1 aromatic heterocycles. The third kappa shape index (κ3) is 4.31. The molecule has 19 heavy (non-hydrogen) atoms. The predicted molar refractivity (Wildman–Crippen MR) is 73.0 cm³/mol. The Labute approximate surface area is 114 Å². The average Bonchev–Trinajstić information content (AvgIpc) is 2.92. The number of ether oxygens (including phenoxy) is 1. The lowest BCUT2D eigenvalue weighted by atomic mass is 10.2. The molecular formula is C14H24N2O3. The summed E-state index contributed by atoms with van der Waals surface area (Å²) in [5, 5.41) is 10.2. The van der Waals surface area contributed by atoms with E-state index in [2.05, 4.69) is 16.7 Å². The van der Waals surface area contributed by atoms with Crippen molar-refractivity contribution in [2.24, 2.45) is 0 Å². The summed E-state index contributed by atoms with van der Waals surface area (Å²) >= 11 is 0. The van der Waals surface area contributed by atoms with Crippen LogP contribution >= 0.6 is 0 Å². The van der Waals surface area contributed by atoms with Gasteiger partial charge in [-0.05, 0) is 26.1 Å². The number of hydrogen-bond donors (Lipinski definition) is 1. The zero-order chi connectivity index (χ0) is 13.7. The lowest BCUT2D eigenvalue weighted by Gasteiger charge is -2.31. The first-order chi connectivity index (χ1) is 9.16. The first-order valence-electron chi connectivity index (χ1n) is 6.88. The van der Waals surface area contributed by atoms with Crippen LogP contribution in [0.4, 0.5) is 0 Å². The number of morpholine rings is 1. The summed E-state index contributed by atoms with van der Waals surface area (Å²) in [6.45, 7) is 6.79. The van der Waals surface area contributed by atoms with Crippen LogP contribution in [0.5, 0.6) is 0 Å². The highest BCUT2D eigenvalue weighted by Gasteiger charge is 2.20. The van der Waals surface area contributed by atoms with Gasteiger partial charge in [0.05, 0.1) is 31.6 Å². The molecule has 0 saturated carbocycles. The maximum absolute atomic E-state index is 10.2. The Morgan fingerprint density at radius 1 is 1.42 bits per heavy atom. The molecule has 1 aromatic rings. The summed E-state index contributed by atoms with van der Waals surface area (Å²) in [4.78, 5) is 4.36. The summed E-state index contributed by atoms with van der Waals surface area (Å²) in [5.74, 6) is 0.932.